The van der Waals surface area contributed by atoms with E-state index in [1.54, 1.807) is 39.2 Å². The van der Waals surface area contributed by atoms with Gasteiger partial charge in [-0.1, -0.05) is 17.7 Å². The topological polar surface area (TPSA) is 127 Å². The Morgan fingerprint density at radius 3 is 2.30 bits per heavy atom. The molecule has 0 aliphatic rings. The lowest BCUT2D eigenvalue weighted by Crippen LogP contribution is -2.33. The summed E-state index contributed by atoms with van der Waals surface area (Å²) < 4.78 is 63.0. The Morgan fingerprint density at radius 1 is 1.03 bits per heavy atom. The SMILES string of the molecule is COc1ccc2c(OCc3cc(F)cc(S(C)=[NH2+])c3)ncnc2c1.Cc1cc(C)c(S(=O)(=O)[O-])c(C)c1. The average molecular weight is 546 g/mol. The molecule has 8 nitrogen and oxygen atoms in total. The fourth-order valence-corrected chi connectivity index (χ4v) is 5.40. The normalized spacial score (nSPS) is 12.0. The second-order valence-corrected chi connectivity index (χ2v) is 11.3. The Morgan fingerprint density at radius 2 is 1.70 bits per heavy atom. The molecule has 0 bridgehead atoms. The number of benzene rings is 3. The predicted molar refractivity (Wildman–Crippen MR) is 139 cm³/mol. The largest absolute Gasteiger partial charge is 0.744 e. The number of fused-ring (bicyclic) bond motifs is 1. The lowest BCUT2D eigenvalue weighted by Gasteiger charge is -2.14. The maximum absolute atomic E-state index is 13.7. The molecule has 0 spiro atoms. The van der Waals surface area contributed by atoms with E-state index >= 15 is 0 Å². The van der Waals surface area contributed by atoms with Gasteiger partial charge in [0.2, 0.25) is 5.88 Å². The van der Waals surface area contributed by atoms with Crippen LogP contribution in [0.5, 0.6) is 11.6 Å². The number of hydrogen-bond donors (Lipinski definition) is 1. The molecule has 0 aliphatic carbocycles. The molecule has 11 heteroatoms. The van der Waals surface area contributed by atoms with Gasteiger partial charge in [-0.25, -0.2) is 27.6 Å². The van der Waals surface area contributed by atoms with Gasteiger partial charge in [-0.05, 0) is 67.8 Å². The Bertz CT molecular complexity index is 1550. The number of ether oxygens (including phenoxy) is 2. The summed E-state index contributed by atoms with van der Waals surface area (Å²) in [6.45, 7) is 5.32. The van der Waals surface area contributed by atoms with Crippen LogP contribution in [0.4, 0.5) is 4.39 Å². The number of aromatic nitrogens is 2. The first kappa shape index (κ1) is 28.2. The smallest absolute Gasteiger partial charge is 0.224 e. The molecule has 4 aromatic rings. The highest BCUT2D eigenvalue weighted by Gasteiger charge is 2.10. The number of nitrogens with two attached hydrogens (primary N) is 1. The van der Waals surface area contributed by atoms with Crippen molar-refractivity contribution in [2.75, 3.05) is 13.4 Å². The van der Waals surface area contributed by atoms with Gasteiger partial charge in [-0.2, -0.15) is 0 Å². The highest BCUT2D eigenvalue weighted by molar-refractivity contribution is 7.85. The quantitative estimate of drug-likeness (QED) is 0.368. The van der Waals surface area contributed by atoms with E-state index in [-0.39, 0.29) is 17.3 Å². The Balaban J connectivity index is 0.000000248. The summed E-state index contributed by atoms with van der Waals surface area (Å²) in [5.74, 6) is 0.824. The van der Waals surface area contributed by atoms with Crippen molar-refractivity contribution in [3.63, 3.8) is 0 Å². The van der Waals surface area contributed by atoms with E-state index < -0.39 is 20.8 Å². The third-order valence-corrected chi connectivity index (χ3v) is 7.46. The molecule has 1 aromatic heterocycles. The standard InChI is InChI=1S/C17H16FN3O2S.C9H12O3S/c1-22-13-3-4-15-16(8-13)20-10-21-17(15)23-9-11-5-12(18)7-14(6-11)24(2)19;1-6-4-7(2)9(8(3)5-6)13(10,11)12/h3-8,10,19H,9H2,1-2H3;4-5H,1-3H3,(H,10,11,12). The van der Waals surface area contributed by atoms with Gasteiger partial charge in [-0.3, -0.25) is 0 Å². The molecule has 1 atom stereocenters. The molecule has 3 aromatic carbocycles. The Labute approximate surface area is 218 Å². The molecule has 2 N–H and O–H groups in total. The Kier molecular flexibility index (Phi) is 8.95. The van der Waals surface area contributed by atoms with Crippen LogP contribution in [0.2, 0.25) is 0 Å². The van der Waals surface area contributed by atoms with Crippen LogP contribution in [0, 0.1) is 26.6 Å². The van der Waals surface area contributed by atoms with Crippen molar-refractivity contribution in [3.8, 4) is 11.6 Å². The summed E-state index contributed by atoms with van der Waals surface area (Å²) in [5, 5.41) is 0.768. The van der Waals surface area contributed by atoms with Crippen molar-refractivity contribution >= 4 is 31.7 Å². The average Bonchev–Trinajstić information content (AvgIpc) is 2.80. The first-order valence-corrected chi connectivity index (χ1v) is 14.1. The highest BCUT2D eigenvalue weighted by atomic mass is 32.2. The van der Waals surface area contributed by atoms with Crippen molar-refractivity contribution in [1.29, 1.82) is 0 Å². The van der Waals surface area contributed by atoms with Crippen LogP contribution in [0.3, 0.4) is 0 Å². The van der Waals surface area contributed by atoms with Gasteiger partial charge in [0, 0.05) is 12.3 Å². The fraction of sp³-hybridized carbons (Fsp3) is 0.231. The van der Waals surface area contributed by atoms with Gasteiger partial charge in [-0.15, -0.1) is 0 Å². The van der Waals surface area contributed by atoms with Crippen molar-refractivity contribution in [2.45, 2.75) is 37.2 Å². The van der Waals surface area contributed by atoms with Crippen LogP contribution in [0.1, 0.15) is 22.3 Å². The molecule has 4 rings (SSSR count). The van der Waals surface area contributed by atoms with Crippen LogP contribution in [-0.4, -0.2) is 36.3 Å². The number of hydrogen-bond acceptors (Lipinski definition) is 7. The van der Waals surface area contributed by atoms with E-state index in [0.717, 1.165) is 21.4 Å². The molecule has 0 radical (unpaired) electrons. The molecule has 1 unspecified atom stereocenters. The number of methoxy groups -OCH3 is 1. The van der Waals surface area contributed by atoms with E-state index in [1.807, 2.05) is 31.4 Å². The van der Waals surface area contributed by atoms with Gasteiger partial charge in [0.1, 0.15) is 34.6 Å². The second-order valence-electron chi connectivity index (χ2n) is 8.39. The van der Waals surface area contributed by atoms with Crippen LogP contribution in [0.15, 0.2) is 64.6 Å². The van der Waals surface area contributed by atoms with Crippen molar-refractivity contribution in [3.05, 3.63) is 82.9 Å². The lowest BCUT2D eigenvalue weighted by atomic mass is 10.1. The van der Waals surface area contributed by atoms with Crippen LogP contribution < -0.4 is 14.3 Å². The molecule has 1 heterocycles. The molecular weight excluding hydrogens is 517 g/mol. The summed E-state index contributed by atoms with van der Waals surface area (Å²) in [7, 11) is -3.24. The summed E-state index contributed by atoms with van der Waals surface area (Å²) in [5.41, 5.74) is 3.42. The molecule has 0 saturated heterocycles. The van der Waals surface area contributed by atoms with Gasteiger partial charge in [0.05, 0.1) is 38.5 Å². The van der Waals surface area contributed by atoms with Crippen LogP contribution >= 0.6 is 0 Å². The maximum atomic E-state index is 13.7. The summed E-state index contributed by atoms with van der Waals surface area (Å²) in [4.78, 5) is 9.05. The Hall–Kier alpha value is -3.41. The number of aryl methyl sites for hydroxylation is 3. The minimum Gasteiger partial charge on any atom is -0.744 e. The maximum Gasteiger partial charge on any atom is 0.224 e. The zero-order valence-electron chi connectivity index (χ0n) is 21.1. The zero-order valence-corrected chi connectivity index (χ0v) is 22.7. The van der Waals surface area contributed by atoms with Crippen molar-refractivity contribution < 1.29 is 31.6 Å². The molecule has 37 heavy (non-hydrogen) atoms. The second kappa shape index (κ2) is 11.8. The van der Waals surface area contributed by atoms with E-state index in [9.17, 15) is 17.4 Å². The van der Waals surface area contributed by atoms with E-state index in [4.69, 9.17) is 14.3 Å². The van der Waals surface area contributed by atoms with E-state index in [1.165, 1.54) is 18.5 Å². The first-order valence-electron chi connectivity index (χ1n) is 11.0. The molecule has 0 amide bonds. The van der Waals surface area contributed by atoms with Crippen molar-refractivity contribution in [1.82, 2.24) is 9.97 Å². The highest BCUT2D eigenvalue weighted by Crippen LogP contribution is 2.26. The third kappa shape index (κ3) is 7.31. The van der Waals surface area contributed by atoms with Crippen molar-refractivity contribution in [2.24, 2.45) is 0 Å². The van der Waals surface area contributed by atoms with Crippen LogP contribution in [-0.2, 0) is 27.4 Å². The molecular formula is C26H28FN3O5S2. The summed E-state index contributed by atoms with van der Waals surface area (Å²) in [6.07, 6.45) is 3.27. The molecule has 0 fully saturated rings. The number of halogens is 1. The van der Waals surface area contributed by atoms with E-state index in [0.29, 0.717) is 28.3 Å². The third-order valence-electron chi connectivity index (χ3n) is 5.34. The minimum absolute atomic E-state index is 0.0851. The van der Waals surface area contributed by atoms with Crippen LogP contribution in [0.25, 0.3) is 10.9 Å². The zero-order chi connectivity index (χ0) is 27.3. The van der Waals surface area contributed by atoms with Gasteiger partial charge in [0.25, 0.3) is 0 Å². The predicted octanol–water partition coefficient (Wildman–Crippen LogP) is 3.42. The molecule has 0 aliphatic heterocycles. The summed E-state index contributed by atoms with van der Waals surface area (Å²) >= 11 is 0. The minimum atomic E-state index is -4.33. The van der Waals surface area contributed by atoms with Gasteiger partial charge in [0.15, 0.2) is 0 Å². The number of rotatable bonds is 6. The monoisotopic (exact) mass is 545 g/mol. The fourth-order valence-electron chi connectivity index (χ4n) is 3.86. The van der Waals surface area contributed by atoms with Gasteiger partial charge < -0.3 is 14.0 Å². The van der Waals surface area contributed by atoms with Gasteiger partial charge >= 0.3 is 0 Å². The van der Waals surface area contributed by atoms with E-state index in [2.05, 4.69) is 9.97 Å². The molecule has 196 valence electrons. The number of nitrogens with zero attached hydrogens (tertiary/aromatic N) is 2. The summed E-state index contributed by atoms with van der Waals surface area (Å²) in [6, 6.07) is 13.6. The lowest BCUT2D eigenvalue weighted by molar-refractivity contribution is -0.0750. The molecule has 0 saturated carbocycles. The first-order chi connectivity index (χ1) is 17.4.